The van der Waals surface area contributed by atoms with Crippen molar-refractivity contribution in [1.29, 1.82) is 0 Å². The van der Waals surface area contributed by atoms with Crippen LogP contribution in [0.25, 0.3) is 0 Å². The van der Waals surface area contributed by atoms with Crippen molar-refractivity contribution in [2.75, 3.05) is 0 Å². The molecule has 0 amide bonds. The smallest absolute Gasteiger partial charge is 0.318 e. The average Bonchev–Trinajstić information content (AvgIpc) is 2.00. The number of aliphatic carboxylic acids is 1. The van der Waals surface area contributed by atoms with Crippen LogP contribution in [0.15, 0.2) is 0 Å². The highest BCUT2D eigenvalue weighted by molar-refractivity contribution is 14.1. The third-order valence-corrected chi connectivity index (χ3v) is 3.07. The van der Waals surface area contributed by atoms with E-state index in [1.807, 2.05) is 29.5 Å². The van der Waals surface area contributed by atoms with Gasteiger partial charge in [0.15, 0.2) is 0 Å². The lowest BCUT2D eigenvalue weighted by Crippen LogP contribution is -2.30. The average molecular weight is 266 g/mol. The Morgan fingerprint density at radius 2 is 2.27 bits per heavy atom. The number of hydrogen-bond acceptors (Lipinski definition) is 1. The molecule has 0 bridgehead atoms. The van der Waals surface area contributed by atoms with Gasteiger partial charge in [-0.1, -0.05) is 48.7 Å². The summed E-state index contributed by atoms with van der Waals surface area (Å²) in [6.07, 6.45) is 2.81. The largest absolute Gasteiger partial charge is 0.480 e. The number of alkyl halides is 1. The third-order valence-electron chi connectivity index (χ3n) is 1.63. The van der Waals surface area contributed by atoms with E-state index in [-0.39, 0.29) is 6.32 Å². The van der Waals surface area contributed by atoms with Crippen LogP contribution in [0.1, 0.15) is 26.2 Å². The first-order valence-corrected chi connectivity index (χ1v) is 4.77. The Morgan fingerprint density at radius 1 is 1.73 bits per heavy atom. The zero-order valence-corrected chi connectivity index (χ0v) is 8.80. The number of carbonyl (C=O) groups is 1. The molecule has 0 aromatic carbocycles. The lowest BCUT2D eigenvalue weighted by atomic mass is 9.87. The molecule has 0 heterocycles. The van der Waals surface area contributed by atoms with Crippen LogP contribution in [-0.2, 0) is 4.79 Å². The van der Waals surface area contributed by atoms with Crippen molar-refractivity contribution >= 4 is 36.4 Å². The van der Waals surface area contributed by atoms with E-state index in [2.05, 4.69) is 0 Å². The monoisotopic (exact) mass is 266 g/mol. The van der Waals surface area contributed by atoms with Crippen LogP contribution in [0.2, 0.25) is 6.32 Å². The second-order valence-corrected chi connectivity index (χ2v) is 4.64. The van der Waals surface area contributed by atoms with Crippen LogP contribution < -0.4 is 0 Å². The summed E-state index contributed by atoms with van der Waals surface area (Å²) in [5, 5.41) is 8.77. The molecule has 2 nitrogen and oxygen atoms in total. The SMILES string of the molecule is [B]C[C@](I)(CCCC)C(=O)O. The quantitative estimate of drug-likeness (QED) is 0.469. The highest BCUT2D eigenvalue weighted by Crippen LogP contribution is 2.29. The van der Waals surface area contributed by atoms with Gasteiger partial charge in [0.05, 0.1) is 7.85 Å². The summed E-state index contributed by atoms with van der Waals surface area (Å²) >= 11 is 1.93. The number of carboxylic acid groups (broad SMARTS) is 1. The summed E-state index contributed by atoms with van der Waals surface area (Å²) in [7, 11) is 5.36. The molecule has 1 N–H and O–H groups in total. The van der Waals surface area contributed by atoms with Gasteiger partial charge < -0.3 is 5.11 Å². The van der Waals surface area contributed by atoms with E-state index < -0.39 is 9.39 Å². The minimum Gasteiger partial charge on any atom is -0.480 e. The molecule has 0 saturated heterocycles. The molecule has 0 unspecified atom stereocenters. The van der Waals surface area contributed by atoms with E-state index in [1.165, 1.54) is 0 Å². The predicted octanol–water partition coefficient (Wildman–Crippen LogP) is 2.02. The van der Waals surface area contributed by atoms with E-state index in [9.17, 15) is 4.79 Å². The summed E-state index contributed by atoms with van der Waals surface area (Å²) < 4.78 is -0.742. The second kappa shape index (κ2) is 5.01. The molecule has 0 saturated carbocycles. The molecular formula is C7H12BIO2. The van der Waals surface area contributed by atoms with Crippen molar-refractivity contribution in [3.63, 3.8) is 0 Å². The molecule has 1 atom stereocenters. The Morgan fingerprint density at radius 3 is 2.55 bits per heavy atom. The highest BCUT2D eigenvalue weighted by atomic mass is 127. The molecule has 2 radical (unpaired) electrons. The van der Waals surface area contributed by atoms with Gasteiger partial charge in [-0.05, 0) is 6.42 Å². The lowest BCUT2D eigenvalue weighted by Gasteiger charge is -2.20. The molecule has 4 heteroatoms. The van der Waals surface area contributed by atoms with Crippen LogP contribution in [0.4, 0.5) is 0 Å². The van der Waals surface area contributed by atoms with Crippen molar-refractivity contribution in [2.45, 2.75) is 35.9 Å². The molecule has 0 rings (SSSR count). The first-order chi connectivity index (χ1) is 5.06. The Labute approximate surface area is 82.3 Å². The molecule has 11 heavy (non-hydrogen) atoms. The Hall–Kier alpha value is 0.265. The highest BCUT2D eigenvalue weighted by Gasteiger charge is 2.31. The van der Waals surface area contributed by atoms with Gasteiger partial charge in [-0.15, -0.1) is 0 Å². The van der Waals surface area contributed by atoms with Crippen molar-refractivity contribution in [1.82, 2.24) is 0 Å². The molecule has 0 aromatic rings. The van der Waals surface area contributed by atoms with Gasteiger partial charge in [0.25, 0.3) is 0 Å². The number of halogens is 1. The maximum absolute atomic E-state index is 10.7. The standard InChI is InChI=1S/C7H12BIO2/c1-2-3-4-7(9,5-8)6(10)11/h2-5H2,1H3,(H,10,11)/t7-/m1/s1. The zero-order valence-electron chi connectivity index (χ0n) is 6.64. The molecule has 0 fully saturated rings. The molecule has 0 aliphatic rings. The minimum absolute atomic E-state index is 0.211. The molecule has 0 aliphatic heterocycles. The minimum atomic E-state index is -0.797. The number of carboxylic acids is 1. The molecule has 0 aromatic heterocycles. The number of hydrogen-bond donors (Lipinski definition) is 1. The van der Waals surface area contributed by atoms with Gasteiger partial charge in [-0.25, -0.2) is 0 Å². The van der Waals surface area contributed by atoms with Crippen LogP contribution in [0.3, 0.4) is 0 Å². The zero-order chi connectivity index (χ0) is 8.91. The van der Waals surface area contributed by atoms with Crippen molar-refractivity contribution in [3.8, 4) is 0 Å². The Balaban J connectivity index is 3.99. The molecule has 0 aliphatic carbocycles. The first kappa shape index (κ1) is 11.3. The maximum Gasteiger partial charge on any atom is 0.318 e. The van der Waals surface area contributed by atoms with Crippen molar-refractivity contribution in [2.24, 2.45) is 0 Å². The summed E-state index contributed by atoms with van der Waals surface area (Å²) in [4.78, 5) is 10.7. The van der Waals surface area contributed by atoms with Crippen LogP contribution in [0, 0.1) is 0 Å². The van der Waals surface area contributed by atoms with E-state index in [4.69, 9.17) is 13.0 Å². The van der Waals surface area contributed by atoms with Gasteiger partial charge >= 0.3 is 5.97 Å². The Kier molecular flexibility index (Phi) is 5.13. The fourth-order valence-electron chi connectivity index (χ4n) is 0.753. The van der Waals surface area contributed by atoms with E-state index >= 15 is 0 Å². The third kappa shape index (κ3) is 3.45. The van der Waals surface area contributed by atoms with Gasteiger partial charge in [0.1, 0.15) is 3.42 Å². The molecule has 0 spiro atoms. The van der Waals surface area contributed by atoms with E-state index in [0.717, 1.165) is 12.8 Å². The summed E-state index contributed by atoms with van der Waals surface area (Å²) in [6, 6.07) is 0. The number of unbranched alkanes of at least 4 members (excludes halogenated alkanes) is 1. The van der Waals surface area contributed by atoms with Crippen LogP contribution in [-0.4, -0.2) is 22.3 Å². The fourth-order valence-corrected chi connectivity index (χ4v) is 1.13. The van der Waals surface area contributed by atoms with E-state index in [1.54, 1.807) is 0 Å². The second-order valence-electron chi connectivity index (χ2n) is 2.58. The van der Waals surface area contributed by atoms with Crippen LogP contribution >= 0.6 is 22.6 Å². The topological polar surface area (TPSA) is 37.3 Å². The maximum atomic E-state index is 10.7. The van der Waals surface area contributed by atoms with Gasteiger partial charge in [0.2, 0.25) is 0 Å². The van der Waals surface area contributed by atoms with Crippen molar-refractivity contribution in [3.05, 3.63) is 0 Å². The van der Waals surface area contributed by atoms with Crippen LogP contribution in [0.5, 0.6) is 0 Å². The molecule has 62 valence electrons. The normalized spacial score (nSPS) is 15.8. The Bertz CT molecular complexity index is 140. The number of rotatable bonds is 5. The van der Waals surface area contributed by atoms with Crippen molar-refractivity contribution < 1.29 is 9.90 Å². The van der Waals surface area contributed by atoms with Gasteiger partial charge in [0, 0.05) is 0 Å². The molecular weight excluding hydrogens is 254 g/mol. The van der Waals surface area contributed by atoms with Gasteiger partial charge in [-0.3, -0.25) is 4.79 Å². The van der Waals surface area contributed by atoms with E-state index in [0.29, 0.717) is 6.42 Å². The van der Waals surface area contributed by atoms with Gasteiger partial charge in [-0.2, -0.15) is 0 Å². The summed E-state index contributed by atoms with van der Waals surface area (Å²) in [5.74, 6) is -0.797. The predicted molar refractivity (Wildman–Crippen MR) is 54.5 cm³/mol. The summed E-state index contributed by atoms with van der Waals surface area (Å²) in [6.45, 7) is 2.04. The first-order valence-electron chi connectivity index (χ1n) is 3.69. The summed E-state index contributed by atoms with van der Waals surface area (Å²) in [5.41, 5.74) is 0. The fraction of sp³-hybridized carbons (Fsp3) is 0.857. The lowest BCUT2D eigenvalue weighted by molar-refractivity contribution is -0.138.